The highest BCUT2D eigenvalue weighted by Crippen LogP contribution is 2.11. The van der Waals surface area contributed by atoms with Crippen LogP contribution in [0.2, 0.25) is 0 Å². The van der Waals surface area contributed by atoms with E-state index in [1.807, 2.05) is 0 Å². The molecule has 1 heterocycles. The van der Waals surface area contributed by atoms with Crippen molar-refractivity contribution in [1.29, 1.82) is 0 Å². The first-order valence-electron chi connectivity index (χ1n) is 3.62. The topological polar surface area (TPSA) is 29.9 Å². The summed E-state index contributed by atoms with van der Waals surface area (Å²) in [4.78, 5) is 0. The third kappa shape index (κ3) is 2.18. The van der Waals surface area contributed by atoms with Crippen LogP contribution in [0.15, 0.2) is 6.20 Å². The Morgan fingerprint density at radius 1 is 1.67 bits per heavy atom. The van der Waals surface area contributed by atoms with Crippen molar-refractivity contribution < 1.29 is 8.78 Å². The van der Waals surface area contributed by atoms with E-state index in [9.17, 15) is 8.78 Å². The molecule has 1 rings (SSSR count). The van der Waals surface area contributed by atoms with Gasteiger partial charge in [0.1, 0.15) is 0 Å². The first kappa shape index (κ1) is 8.96. The van der Waals surface area contributed by atoms with Crippen LogP contribution in [-0.4, -0.2) is 22.8 Å². The highest BCUT2D eigenvalue weighted by Gasteiger charge is 2.05. The number of halogens is 2. The van der Waals surface area contributed by atoms with E-state index < -0.39 is 6.43 Å². The van der Waals surface area contributed by atoms with Gasteiger partial charge in [-0.25, -0.2) is 8.78 Å². The largest absolute Gasteiger partial charge is 0.377 e. The zero-order chi connectivity index (χ0) is 9.14. The van der Waals surface area contributed by atoms with Crippen molar-refractivity contribution in [3.05, 3.63) is 11.9 Å². The minimum absolute atomic E-state index is 0.327. The average molecular weight is 175 g/mol. The molecule has 12 heavy (non-hydrogen) atoms. The van der Waals surface area contributed by atoms with Crippen LogP contribution in [0, 0.1) is 6.92 Å². The molecule has 0 bridgehead atoms. The van der Waals surface area contributed by atoms with E-state index in [2.05, 4.69) is 10.4 Å². The van der Waals surface area contributed by atoms with Gasteiger partial charge in [0, 0.05) is 13.2 Å². The van der Waals surface area contributed by atoms with E-state index in [4.69, 9.17) is 0 Å². The number of alkyl halides is 2. The number of aryl methyl sites for hydroxylation is 2. The van der Waals surface area contributed by atoms with Crippen LogP contribution in [0.5, 0.6) is 0 Å². The molecular formula is C7H11F2N3. The Balaban J connectivity index is 2.57. The van der Waals surface area contributed by atoms with Crippen molar-refractivity contribution in [3.63, 3.8) is 0 Å². The van der Waals surface area contributed by atoms with Crippen molar-refractivity contribution in [2.75, 3.05) is 11.9 Å². The second kappa shape index (κ2) is 3.51. The molecule has 0 saturated carbocycles. The fourth-order valence-electron chi connectivity index (χ4n) is 0.960. The number of hydrogen-bond acceptors (Lipinski definition) is 2. The van der Waals surface area contributed by atoms with Gasteiger partial charge < -0.3 is 5.32 Å². The Bertz CT molecular complexity index is 257. The molecule has 0 aliphatic rings. The summed E-state index contributed by atoms with van der Waals surface area (Å²) in [6, 6.07) is 0. The van der Waals surface area contributed by atoms with Gasteiger partial charge in [0.2, 0.25) is 0 Å². The van der Waals surface area contributed by atoms with Crippen LogP contribution in [0.3, 0.4) is 0 Å². The molecule has 0 radical (unpaired) electrons. The Kier molecular flexibility index (Phi) is 2.62. The minimum Gasteiger partial charge on any atom is -0.377 e. The van der Waals surface area contributed by atoms with E-state index in [1.54, 1.807) is 24.9 Å². The molecule has 0 atom stereocenters. The molecule has 0 unspecified atom stereocenters. The molecule has 1 aromatic heterocycles. The van der Waals surface area contributed by atoms with Crippen LogP contribution in [-0.2, 0) is 7.05 Å². The standard InChI is InChI=1S/C7H11F2N3/c1-5-6(4-12(2)11-5)10-3-7(8)9/h4,7,10H,3H2,1-2H3. The maximum absolute atomic E-state index is 11.8. The fraction of sp³-hybridized carbons (Fsp3) is 0.571. The third-order valence-corrected chi connectivity index (χ3v) is 1.46. The van der Waals surface area contributed by atoms with Gasteiger partial charge in [0.25, 0.3) is 6.43 Å². The van der Waals surface area contributed by atoms with E-state index in [0.29, 0.717) is 5.69 Å². The maximum Gasteiger partial charge on any atom is 0.255 e. The van der Waals surface area contributed by atoms with E-state index in [1.165, 1.54) is 0 Å². The summed E-state index contributed by atoms with van der Waals surface area (Å²) >= 11 is 0. The summed E-state index contributed by atoms with van der Waals surface area (Å²) < 4.78 is 25.1. The molecule has 0 saturated heterocycles. The lowest BCUT2D eigenvalue weighted by Crippen LogP contribution is -2.10. The quantitative estimate of drug-likeness (QED) is 0.752. The minimum atomic E-state index is -2.33. The number of nitrogens with one attached hydrogen (secondary N) is 1. The number of aromatic nitrogens is 2. The highest BCUT2D eigenvalue weighted by molar-refractivity contribution is 5.45. The lowest BCUT2D eigenvalue weighted by atomic mass is 10.4. The van der Waals surface area contributed by atoms with Gasteiger partial charge in [-0.1, -0.05) is 0 Å². The van der Waals surface area contributed by atoms with Gasteiger partial charge in [-0.05, 0) is 6.92 Å². The predicted molar refractivity (Wildman–Crippen MR) is 42.4 cm³/mol. The zero-order valence-electron chi connectivity index (χ0n) is 7.01. The SMILES string of the molecule is Cc1nn(C)cc1NCC(F)F. The van der Waals surface area contributed by atoms with Gasteiger partial charge in [-0.2, -0.15) is 5.10 Å². The molecule has 1 N–H and O–H groups in total. The third-order valence-electron chi connectivity index (χ3n) is 1.46. The number of rotatable bonds is 3. The van der Waals surface area contributed by atoms with E-state index in [0.717, 1.165) is 5.69 Å². The summed E-state index contributed by atoms with van der Waals surface area (Å²) in [5, 5.41) is 6.60. The first-order valence-corrected chi connectivity index (χ1v) is 3.62. The summed E-state index contributed by atoms with van der Waals surface area (Å²) in [5.41, 5.74) is 1.40. The Morgan fingerprint density at radius 3 is 2.75 bits per heavy atom. The molecule has 3 nitrogen and oxygen atoms in total. The number of nitrogens with zero attached hydrogens (tertiary/aromatic N) is 2. The first-order chi connectivity index (χ1) is 5.59. The molecule has 0 amide bonds. The van der Waals surface area contributed by atoms with Crippen LogP contribution >= 0.6 is 0 Å². The molecule has 68 valence electrons. The van der Waals surface area contributed by atoms with Crippen molar-refractivity contribution in [1.82, 2.24) is 9.78 Å². The zero-order valence-corrected chi connectivity index (χ0v) is 7.01. The van der Waals surface area contributed by atoms with Crippen LogP contribution in [0.25, 0.3) is 0 Å². The molecule has 0 aromatic carbocycles. The maximum atomic E-state index is 11.8. The Hall–Kier alpha value is -1.13. The molecular weight excluding hydrogens is 164 g/mol. The van der Waals surface area contributed by atoms with Crippen molar-refractivity contribution in [2.24, 2.45) is 7.05 Å². The number of anilines is 1. The lowest BCUT2D eigenvalue weighted by Gasteiger charge is -2.01. The summed E-state index contributed by atoms with van der Waals surface area (Å²) in [7, 11) is 1.75. The molecule has 0 spiro atoms. The highest BCUT2D eigenvalue weighted by atomic mass is 19.3. The van der Waals surface area contributed by atoms with Gasteiger partial charge in [0.15, 0.2) is 0 Å². The molecule has 5 heteroatoms. The molecule has 0 aliphatic heterocycles. The van der Waals surface area contributed by atoms with Gasteiger partial charge >= 0.3 is 0 Å². The second-order valence-corrected chi connectivity index (χ2v) is 2.57. The fourth-order valence-corrected chi connectivity index (χ4v) is 0.960. The molecule has 0 fully saturated rings. The van der Waals surface area contributed by atoms with E-state index in [-0.39, 0.29) is 6.54 Å². The van der Waals surface area contributed by atoms with Crippen molar-refractivity contribution in [3.8, 4) is 0 Å². The van der Waals surface area contributed by atoms with E-state index >= 15 is 0 Å². The number of hydrogen-bond donors (Lipinski definition) is 1. The summed E-state index contributed by atoms with van der Waals surface area (Å²) in [5.74, 6) is 0. The Labute approximate surface area is 69.4 Å². The molecule has 0 aliphatic carbocycles. The van der Waals surface area contributed by atoms with Crippen LogP contribution < -0.4 is 5.32 Å². The average Bonchev–Trinajstić information content (AvgIpc) is 2.26. The summed E-state index contributed by atoms with van der Waals surface area (Å²) in [6.07, 6.45) is -0.651. The monoisotopic (exact) mass is 175 g/mol. The molecule has 1 aromatic rings. The lowest BCUT2D eigenvalue weighted by molar-refractivity contribution is 0.163. The van der Waals surface area contributed by atoms with Gasteiger partial charge in [-0.15, -0.1) is 0 Å². The Morgan fingerprint density at radius 2 is 2.33 bits per heavy atom. The van der Waals surface area contributed by atoms with Crippen LogP contribution in [0.4, 0.5) is 14.5 Å². The predicted octanol–water partition coefficient (Wildman–Crippen LogP) is 1.41. The second-order valence-electron chi connectivity index (χ2n) is 2.57. The van der Waals surface area contributed by atoms with Crippen molar-refractivity contribution >= 4 is 5.69 Å². The van der Waals surface area contributed by atoms with Gasteiger partial charge in [-0.3, -0.25) is 4.68 Å². The normalized spacial score (nSPS) is 10.8. The summed E-state index contributed by atoms with van der Waals surface area (Å²) in [6.45, 7) is 1.44. The van der Waals surface area contributed by atoms with Crippen molar-refractivity contribution in [2.45, 2.75) is 13.3 Å². The van der Waals surface area contributed by atoms with Crippen LogP contribution in [0.1, 0.15) is 5.69 Å². The van der Waals surface area contributed by atoms with Gasteiger partial charge in [0.05, 0.1) is 17.9 Å². The smallest absolute Gasteiger partial charge is 0.255 e.